The largest absolute Gasteiger partial charge is 0.318 e. The molecule has 0 radical (unpaired) electrons. The molecule has 0 atom stereocenters. The third-order valence-corrected chi connectivity index (χ3v) is 5.71. The van der Waals surface area contributed by atoms with Crippen LogP contribution in [0.5, 0.6) is 0 Å². The highest BCUT2D eigenvalue weighted by molar-refractivity contribution is 7.18. The van der Waals surface area contributed by atoms with Crippen LogP contribution in [0, 0.1) is 0 Å². The van der Waals surface area contributed by atoms with Gasteiger partial charge in [0, 0.05) is 11.3 Å². The van der Waals surface area contributed by atoms with Crippen molar-refractivity contribution in [2.75, 3.05) is 5.73 Å². The van der Waals surface area contributed by atoms with Crippen molar-refractivity contribution in [2.45, 2.75) is 57.9 Å². The summed E-state index contributed by atoms with van der Waals surface area (Å²) in [7, 11) is 0. The third-order valence-electron chi connectivity index (χ3n) is 4.52. The van der Waals surface area contributed by atoms with E-state index >= 15 is 0 Å². The van der Waals surface area contributed by atoms with Gasteiger partial charge in [-0.2, -0.15) is 0 Å². The SMILES string of the molecule is Nc1c2c3c(sc2nc2[n+]1CCCCC2)CCCC3. The maximum absolute atomic E-state index is 6.51. The first-order valence-electron chi connectivity index (χ1n) is 7.47. The predicted molar refractivity (Wildman–Crippen MR) is 78.4 cm³/mol. The molecule has 1 aliphatic heterocycles. The van der Waals surface area contributed by atoms with Crippen molar-refractivity contribution in [3.05, 3.63) is 16.3 Å². The lowest BCUT2D eigenvalue weighted by atomic mass is 9.97. The van der Waals surface area contributed by atoms with Crippen molar-refractivity contribution in [1.29, 1.82) is 0 Å². The molecule has 0 bridgehead atoms. The zero-order valence-corrected chi connectivity index (χ0v) is 12.1. The standard InChI is InChI=1S/C15H19N3S/c16-14-13-10-6-3-4-7-11(10)19-15(13)17-12-8-2-1-5-9-18(12)14/h16H,1-9H2/p+1. The molecule has 0 unspecified atom stereocenters. The molecule has 0 spiro atoms. The summed E-state index contributed by atoms with van der Waals surface area (Å²) >= 11 is 1.89. The highest BCUT2D eigenvalue weighted by Crippen LogP contribution is 2.37. The monoisotopic (exact) mass is 274 g/mol. The highest BCUT2D eigenvalue weighted by Gasteiger charge is 2.27. The number of thiophene rings is 1. The molecular weight excluding hydrogens is 254 g/mol. The summed E-state index contributed by atoms with van der Waals surface area (Å²) in [5.74, 6) is 2.20. The van der Waals surface area contributed by atoms with E-state index in [1.807, 2.05) is 11.3 Å². The molecule has 0 saturated carbocycles. The quantitative estimate of drug-likeness (QED) is 0.751. The minimum atomic E-state index is 0.987. The minimum absolute atomic E-state index is 0.987. The molecule has 2 N–H and O–H groups in total. The molecule has 0 aromatic carbocycles. The fraction of sp³-hybridized carbons (Fsp3) is 0.600. The fourth-order valence-corrected chi connectivity index (χ4v) is 4.80. The van der Waals surface area contributed by atoms with Crippen molar-refractivity contribution in [3.63, 3.8) is 0 Å². The van der Waals surface area contributed by atoms with Crippen LogP contribution in [-0.4, -0.2) is 4.98 Å². The first kappa shape index (κ1) is 11.6. The van der Waals surface area contributed by atoms with Crippen molar-refractivity contribution in [1.82, 2.24) is 4.98 Å². The third kappa shape index (κ3) is 1.76. The Balaban J connectivity index is 1.99. The number of hydrogen-bond donors (Lipinski definition) is 1. The van der Waals surface area contributed by atoms with E-state index in [0.717, 1.165) is 18.8 Å². The van der Waals surface area contributed by atoms with Crippen LogP contribution in [-0.2, 0) is 25.8 Å². The Morgan fingerprint density at radius 3 is 2.79 bits per heavy atom. The molecule has 4 heteroatoms. The zero-order valence-electron chi connectivity index (χ0n) is 11.2. The molecule has 1 aliphatic carbocycles. The van der Waals surface area contributed by atoms with E-state index in [1.54, 1.807) is 4.88 Å². The summed E-state index contributed by atoms with van der Waals surface area (Å²) < 4.78 is 2.29. The molecular formula is C15H20N3S+. The second kappa shape index (κ2) is 4.44. The molecule has 2 aliphatic rings. The highest BCUT2D eigenvalue weighted by atomic mass is 32.1. The Bertz CT molecular complexity index is 645. The first-order chi connectivity index (χ1) is 9.34. The average molecular weight is 274 g/mol. The first-order valence-corrected chi connectivity index (χ1v) is 8.28. The van der Waals surface area contributed by atoms with Gasteiger partial charge in [-0.3, -0.25) is 0 Å². The minimum Gasteiger partial charge on any atom is -0.318 e. The summed E-state index contributed by atoms with van der Waals surface area (Å²) in [5, 5.41) is 1.28. The molecule has 4 rings (SSSR count). The van der Waals surface area contributed by atoms with Crippen molar-refractivity contribution in [2.24, 2.45) is 0 Å². The van der Waals surface area contributed by atoms with Crippen LogP contribution in [0.4, 0.5) is 5.82 Å². The van der Waals surface area contributed by atoms with Crippen molar-refractivity contribution in [3.8, 4) is 0 Å². The zero-order chi connectivity index (χ0) is 12.8. The smallest absolute Gasteiger partial charge is 0.240 e. The van der Waals surface area contributed by atoms with Crippen LogP contribution in [0.1, 0.15) is 48.4 Å². The number of nitrogens with zero attached hydrogens (tertiary/aromatic N) is 2. The second-order valence-corrected chi connectivity index (χ2v) is 6.85. The van der Waals surface area contributed by atoms with Gasteiger partial charge in [0.15, 0.2) is 0 Å². The van der Waals surface area contributed by atoms with Gasteiger partial charge in [0.1, 0.15) is 5.39 Å². The van der Waals surface area contributed by atoms with Gasteiger partial charge in [-0.05, 0) is 50.5 Å². The summed E-state index contributed by atoms with van der Waals surface area (Å²) in [5.41, 5.74) is 8.02. The maximum atomic E-state index is 6.51. The van der Waals surface area contributed by atoms with E-state index < -0.39 is 0 Å². The molecule has 3 heterocycles. The Labute approximate surface area is 117 Å². The van der Waals surface area contributed by atoms with Gasteiger partial charge in [-0.25, -0.2) is 4.57 Å². The Morgan fingerprint density at radius 1 is 1.00 bits per heavy atom. The molecule has 100 valence electrons. The number of fused-ring (bicyclic) bond motifs is 4. The summed E-state index contributed by atoms with van der Waals surface area (Å²) in [4.78, 5) is 7.68. The summed E-state index contributed by atoms with van der Waals surface area (Å²) in [6.07, 6.45) is 9.93. The maximum Gasteiger partial charge on any atom is 0.240 e. The molecule has 0 amide bonds. The fourth-order valence-electron chi connectivity index (χ4n) is 3.52. The summed E-state index contributed by atoms with van der Waals surface area (Å²) in [6, 6.07) is 0. The van der Waals surface area contributed by atoms with E-state index in [1.165, 1.54) is 66.6 Å². The molecule has 3 nitrogen and oxygen atoms in total. The Morgan fingerprint density at radius 2 is 1.84 bits per heavy atom. The molecule has 0 saturated heterocycles. The lowest BCUT2D eigenvalue weighted by molar-refractivity contribution is -0.690. The lowest BCUT2D eigenvalue weighted by Gasteiger charge is -2.11. The van der Waals surface area contributed by atoms with Crippen LogP contribution in [0.25, 0.3) is 10.2 Å². The number of hydrogen-bond acceptors (Lipinski definition) is 3. The average Bonchev–Trinajstić information content (AvgIpc) is 2.62. The second-order valence-electron chi connectivity index (χ2n) is 5.77. The van der Waals surface area contributed by atoms with E-state index in [9.17, 15) is 0 Å². The van der Waals surface area contributed by atoms with Crippen molar-refractivity contribution >= 4 is 27.4 Å². The van der Waals surface area contributed by atoms with Gasteiger partial charge in [0.2, 0.25) is 16.5 Å². The molecule has 19 heavy (non-hydrogen) atoms. The summed E-state index contributed by atoms with van der Waals surface area (Å²) in [6.45, 7) is 1.05. The number of aromatic nitrogens is 2. The molecule has 2 aromatic rings. The van der Waals surface area contributed by atoms with E-state index in [-0.39, 0.29) is 0 Å². The van der Waals surface area contributed by atoms with E-state index in [2.05, 4.69) is 4.57 Å². The van der Waals surface area contributed by atoms with Crippen LogP contribution < -0.4 is 10.3 Å². The lowest BCUT2D eigenvalue weighted by Crippen LogP contribution is -2.41. The van der Waals surface area contributed by atoms with E-state index in [0.29, 0.717) is 0 Å². The van der Waals surface area contributed by atoms with E-state index in [4.69, 9.17) is 10.7 Å². The number of rotatable bonds is 0. The number of nitrogens with two attached hydrogens (primary N) is 1. The van der Waals surface area contributed by atoms with Crippen LogP contribution in [0.15, 0.2) is 0 Å². The predicted octanol–water partition coefficient (Wildman–Crippen LogP) is 2.77. The van der Waals surface area contributed by atoms with Gasteiger partial charge in [-0.1, -0.05) is 4.98 Å². The Kier molecular flexibility index (Phi) is 2.72. The van der Waals surface area contributed by atoms with Gasteiger partial charge in [-0.15, -0.1) is 11.3 Å². The van der Waals surface area contributed by atoms with Crippen LogP contribution in [0.3, 0.4) is 0 Å². The van der Waals surface area contributed by atoms with Crippen LogP contribution in [0.2, 0.25) is 0 Å². The van der Waals surface area contributed by atoms with Gasteiger partial charge in [0.05, 0.1) is 6.54 Å². The number of anilines is 1. The van der Waals surface area contributed by atoms with Gasteiger partial charge >= 0.3 is 0 Å². The number of nitrogen functional groups attached to an aromatic ring is 1. The normalized spacial score (nSPS) is 18.9. The van der Waals surface area contributed by atoms with Gasteiger partial charge in [0.25, 0.3) is 0 Å². The Hall–Kier alpha value is -1.16. The van der Waals surface area contributed by atoms with Crippen molar-refractivity contribution < 1.29 is 4.57 Å². The van der Waals surface area contributed by atoms with Gasteiger partial charge < -0.3 is 5.73 Å². The number of aryl methyl sites for hydroxylation is 3. The molecule has 2 aromatic heterocycles. The molecule has 0 fully saturated rings. The van der Waals surface area contributed by atoms with Crippen LogP contribution >= 0.6 is 11.3 Å². The topological polar surface area (TPSA) is 42.8 Å².